The molecule has 0 saturated carbocycles. The van der Waals surface area contributed by atoms with Gasteiger partial charge in [-0.3, -0.25) is 0 Å². The Morgan fingerprint density at radius 1 is 1.14 bits per heavy atom. The van der Waals surface area contributed by atoms with Gasteiger partial charge in [0, 0.05) is 24.6 Å². The number of methoxy groups -OCH3 is 1. The molecule has 0 aliphatic heterocycles. The van der Waals surface area contributed by atoms with Gasteiger partial charge in [-0.25, -0.2) is 0 Å². The Hall–Kier alpha value is -0.0800. The lowest BCUT2D eigenvalue weighted by molar-refractivity contribution is 0.0522. The Morgan fingerprint density at radius 2 is 1.64 bits per heavy atom. The van der Waals surface area contributed by atoms with Gasteiger partial charge in [-0.2, -0.15) is 0 Å². The fraction of sp³-hybridized carbons (Fsp3) is 1.00. The summed E-state index contributed by atoms with van der Waals surface area (Å²) in [6.07, 6.45) is 0. The third-order valence-electron chi connectivity index (χ3n) is 2.89. The SMILES string of the molecule is COCC(C)(CNC(C)(C)C)C(C)C. The first kappa shape index (κ1) is 13.9. The second-order valence-corrected chi connectivity index (χ2v) is 5.85. The van der Waals surface area contributed by atoms with Crippen LogP contribution in [-0.2, 0) is 4.74 Å². The minimum absolute atomic E-state index is 0.184. The van der Waals surface area contributed by atoms with Crippen molar-refractivity contribution in [2.45, 2.75) is 47.1 Å². The normalized spacial score (nSPS) is 17.1. The van der Waals surface area contributed by atoms with Crippen molar-refractivity contribution >= 4 is 0 Å². The molecule has 0 spiro atoms. The summed E-state index contributed by atoms with van der Waals surface area (Å²) in [5, 5.41) is 3.55. The molecule has 0 aromatic heterocycles. The molecule has 2 heteroatoms. The molecule has 1 unspecified atom stereocenters. The number of ether oxygens (including phenoxy) is 1. The van der Waals surface area contributed by atoms with Crippen LogP contribution in [0.5, 0.6) is 0 Å². The topological polar surface area (TPSA) is 21.3 Å². The summed E-state index contributed by atoms with van der Waals surface area (Å²) in [5.41, 5.74) is 0.409. The van der Waals surface area contributed by atoms with Gasteiger partial charge in [0.05, 0.1) is 6.61 Å². The summed E-state index contributed by atoms with van der Waals surface area (Å²) in [4.78, 5) is 0. The van der Waals surface area contributed by atoms with Gasteiger partial charge < -0.3 is 10.1 Å². The van der Waals surface area contributed by atoms with E-state index in [0.29, 0.717) is 5.92 Å². The molecule has 0 aromatic carbocycles. The number of rotatable bonds is 5. The van der Waals surface area contributed by atoms with Gasteiger partial charge in [0.15, 0.2) is 0 Å². The fourth-order valence-corrected chi connectivity index (χ4v) is 1.22. The molecule has 0 heterocycles. The highest BCUT2D eigenvalue weighted by Gasteiger charge is 2.29. The van der Waals surface area contributed by atoms with E-state index >= 15 is 0 Å². The van der Waals surface area contributed by atoms with Crippen LogP contribution < -0.4 is 5.32 Å². The minimum atomic E-state index is 0.184. The molecule has 14 heavy (non-hydrogen) atoms. The first-order chi connectivity index (χ1) is 6.21. The van der Waals surface area contributed by atoms with E-state index in [2.05, 4.69) is 46.9 Å². The summed E-state index contributed by atoms with van der Waals surface area (Å²) >= 11 is 0. The predicted molar refractivity (Wildman–Crippen MR) is 62.6 cm³/mol. The molecule has 0 fully saturated rings. The Balaban J connectivity index is 4.24. The number of hydrogen-bond donors (Lipinski definition) is 1. The van der Waals surface area contributed by atoms with Crippen LogP contribution in [0.15, 0.2) is 0 Å². The lowest BCUT2D eigenvalue weighted by atomic mass is 9.79. The maximum Gasteiger partial charge on any atom is 0.0530 e. The monoisotopic (exact) mass is 201 g/mol. The largest absolute Gasteiger partial charge is 0.384 e. The fourth-order valence-electron chi connectivity index (χ4n) is 1.22. The quantitative estimate of drug-likeness (QED) is 0.738. The van der Waals surface area contributed by atoms with Crippen LogP contribution in [0.4, 0.5) is 0 Å². The van der Waals surface area contributed by atoms with Crippen molar-refractivity contribution in [2.75, 3.05) is 20.3 Å². The Bertz CT molecular complexity index is 160. The van der Waals surface area contributed by atoms with Gasteiger partial charge in [-0.15, -0.1) is 0 Å². The van der Waals surface area contributed by atoms with Crippen molar-refractivity contribution in [3.63, 3.8) is 0 Å². The smallest absolute Gasteiger partial charge is 0.0530 e. The molecule has 0 radical (unpaired) electrons. The van der Waals surface area contributed by atoms with Crippen LogP contribution in [0.2, 0.25) is 0 Å². The standard InChI is InChI=1S/C12H27NO/c1-10(2)12(6,9-14-7)8-13-11(3,4)5/h10,13H,8-9H2,1-7H3. The lowest BCUT2D eigenvalue weighted by Crippen LogP contribution is -2.46. The highest BCUT2D eigenvalue weighted by atomic mass is 16.5. The van der Waals surface area contributed by atoms with Gasteiger partial charge in [-0.1, -0.05) is 20.8 Å². The third-order valence-corrected chi connectivity index (χ3v) is 2.89. The van der Waals surface area contributed by atoms with Crippen LogP contribution >= 0.6 is 0 Å². The molecule has 0 aromatic rings. The minimum Gasteiger partial charge on any atom is -0.384 e. The van der Waals surface area contributed by atoms with Crippen molar-refractivity contribution in [1.29, 1.82) is 0 Å². The first-order valence-electron chi connectivity index (χ1n) is 5.45. The van der Waals surface area contributed by atoms with E-state index in [1.165, 1.54) is 0 Å². The molecule has 1 atom stereocenters. The van der Waals surface area contributed by atoms with E-state index in [-0.39, 0.29) is 11.0 Å². The number of nitrogens with one attached hydrogen (secondary N) is 1. The van der Waals surface area contributed by atoms with E-state index in [1.54, 1.807) is 7.11 Å². The van der Waals surface area contributed by atoms with E-state index in [9.17, 15) is 0 Å². The zero-order valence-corrected chi connectivity index (χ0v) is 10.9. The van der Waals surface area contributed by atoms with Crippen molar-refractivity contribution < 1.29 is 4.74 Å². The molecule has 0 aliphatic carbocycles. The summed E-state index contributed by atoms with van der Waals surface area (Å²) < 4.78 is 5.29. The second-order valence-electron chi connectivity index (χ2n) is 5.85. The summed E-state index contributed by atoms with van der Waals surface area (Å²) in [6.45, 7) is 15.2. The van der Waals surface area contributed by atoms with Gasteiger partial charge in [0.25, 0.3) is 0 Å². The Labute approximate surface area is 89.4 Å². The molecule has 0 amide bonds. The summed E-state index contributed by atoms with van der Waals surface area (Å²) in [5.74, 6) is 0.622. The second kappa shape index (κ2) is 5.13. The molecule has 0 aliphatic rings. The van der Waals surface area contributed by atoms with Crippen molar-refractivity contribution in [3.8, 4) is 0 Å². The predicted octanol–water partition coefficient (Wildman–Crippen LogP) is 2.68. The van der Waals surface area contributed by atoms with Gasteiger partial charge in [0.1, 0.15) is 0 Å². The number of hydrogen-bond acceptors (Lipinski definition) is 2. The van der Waals surface area contributed by atoms with E-state index in [1.807, 2.05) is 0 Å². The maximum atomic E-state index is 5.29. The molecule has 0 rings (SSSR count). The van der Waals surface area contributed by atoms with Crippen LogP contribution in [0.1, 0.15) is 41.5 Å². The molecular weight excluding hydrogens is 174 g/mol. The third kappa shape index (κ3) is 4.97. The molecule has 86 valence electrons. The summed E-state index contributed by atoms with van der Waals surface area (Å²) in [7, 11) is 1.78. The maximum absolute atomic E-state index is 5.29. The molecule has 0 bridgehead atoms. The van der Waals surface area contributed by atoms with Gasteiger partial charge in [-0.05, 0) is 26.7 Å². The van der Waals surface area contributed by atoms with Crippen LogP contribution in [0.3, 0.4) is 0 Å². The first-order valence-corrected chi connectivity index (χ1v) is 5.45. The van der Waals surface area contributed by atoms with Gasteiger partial charge in [0.2, 0.25) is 0 Å². The van der Waals surface area contributed by atoms with Crippen LogP contribution in [0.25, 0.3) is 0 Å². The molecule has 0 saturated heterocycles. The van der Waals surface area contributed by atoms with Crippen LogP contribution in [-0.4, -0.2) is 25.8 Å². The van der Waals surface area contributed by atoms with Gasteiger partial charge >= 0.3 is 0 Å². The average Bonchev–Trinajstić information content (AvgIpc) is 2.00. The summed E-state index contributed by atoms with van der Waals surface area (Å²) in [6, 6.07) is 0. The molecular formula is C12H27NO. The Morgan fingerprint density at radius 3 is 1.93 bits per heavy atom. The zero-order valence-electron chi connectivity index (χ0n) is 10.9. The van der Waals surface area contributed by atoms with E-state index in [0.717, 1.165) is 13.2 Å². The van der Waals surface area contributed by atoms with E-state index in [4.69, 9.17) is 4.74 Å². The van der Waals surface area contributed by atoms with Crippen molar-refractivity contribution in [1.82, 2.24) is 5.32 Å². The van der Waals surface area contributed by atoms with E-state index < -0.39 is 0 Å². The average molecular weight is 201 g/mol. The van der Waals surface area contributed by atoms with Crippen LogP contribution in [0, 0.1) is 11.3 Å². The molecule has 1 N–H and O–H groups in total. The highest BCUT2D eigenvalue weighted by Crippen LogP contribution is 2.26. The van der Waals surface area contributed by atoms with Crippen molar-refractivity contribution in [2.24, 2.45) is 11.3 Å². The molecule has 2 nitrogen and oxygen atoms in total. The highest BCUT2D eigenvalue weighted by molar-refractivity contribution is 4.83. The van der Waals surface area contributed by atoms with Crippen molar-refractivity contribution in [3.05, 3.63) is 0 Å². The lowest BCUT2D eigenvalue weighted by Gasteiger charge is -2.36. The Kier molecular flexibility index (Phi) is 5.10. The zero-order chi connectivity index (χ0) is 11.4.